The number of aromatic nitrogens is 3. The molecule has 0 spiro atoms. The number of hydrogen-bond donors (Lipinski definition) is 0. The van der Waals surface area contributed by atoms with E-state index in [9.17, 15) is 4.79 Å². The minimum atomic E-state index is 0.0316. The zero-order valence-electron chi connectivity index (χ0n) is 13.1. The summed E-state index contributed by atoms with van der Waals surface area (Å²) in [6, 6.07) is 4.15. The van der Waals surface area contributed by atoms with Crippen LogP contribution in [-0.4, -0.2) is 52.2 Å². The number of aryl methyl sites for hydroxylation is 1. The molecule has 0 radical (unpaired) electrons. The lowest BCUT2D eigenvalue weighted by Crippen LogP contribution is -2.49. The summed E-state index contributed by atoms with van der Waals surface area (Å²) < 4.78 is 0. The molecule has 0 N–H and O–H groups in total. The highest BCUT2D eigenvalue weighted by Gasteiger charge is 2.27. The third kappa shape index (κ3) is 3.06. The second-order valence-electron chi connectivity index (χ2n) is 6.12. The molecule has 0 atom stereocenters. The summed E-state index contributed by atoms with van der Waals surface area (Å²) >= 11 is 1.52. The third-order valence-corrected chi connectivity index (χ3v) is 5.17. The van der Waals surface area contributed by atoms with Gasteiger partial charge >= 0.3 is 0 Å². The molecule has 2 aromatic heterocycles. The van der Waals surface area contributed by atoms with E-state index in [1.165, 1.54) is 24.2 Å². The average molecular weight is 329 g/mol. The van der Waals surface area contributed by atoms with Gasteiger partial charge in [0.1, 0.15) is 5.69 Å². The first kappa shape index (κ1) is 14.6. The van der Waals surface area contributed by atoms with Gasteiger partial charge in [-0.15, -0.1) is 16.4 Å². The number of thiazole rings is 1. The first-order valence-corrected chi connectivity index (χ1v) is 8.88. The first-order valence-electron chi connectivity index (χ1n) is 8.01. The fourth-order valence-corrected chi connectivity index (χ4v) is 3.45. The van der Waals surface area contributed by atoms with Crippen molar-refractivity contribution in [2.24, 2.45) is 0 Å². The molecule has 7 heteroatoms. The molecule has 1 saturated carbocycles. The van der Waals surface area contributed by atoms with E-state index in [2.05, 4.69) is 32.2 Å². The summed E-state index contributed by atoms with van der Waals surface area (Å²) in [7, 11) is 0. The molecule has 120 valence electrons. The number of carbonyl (C=O) groups is 1. The number of anilines is 1. The quantitative estimate of drug-likeness (QED) is 0.863. The summed E-state index contributed by atoms with van der Waals surface area (Å²) in [6.07, 6.45) is 2.48. The highest BCUT2D eigenvalue weighted by Crippen LogP contribution is 2.38. The number of nitrogens with zero attached hydrogens (tertiary/aromatic N) is 5. The molecule has 0 unspecified atom stereocenters. The summed E-state index contributed by atoms with van der Waals surface area (Å²) in [6.45, 7) is 4.88. The van der Waals surface area contributed by atoms with Gasteiger partial charge in [-0.1, -0.05) is 0 Å². The Labute approximate surface area is 139 Å². The van der Waals surface area contributed by atoms with Crippen molar-refractivity contribution in [1.82, 2.24) is 20.1 Å². The zero-order chi connectivity index (χ0) is 15.8. The van der Waals surface area contributed by atoms with Gasteiger partial charge in [0.25, 0.3) is 5.91 Å². The smallest absolute Gasteiger partial charge is 0.273 e. The molecule has 6 nitrogen and oxygen atoms in total. The van der Waals surface area contributed by atoms with E-state index >= 15 is 0 Å². The monoisotopic (exact) mass is 329 g/mol. The Kier molecular flexibility index (Phi) is 3.72. The van der Waals surface area contributed by atoms with Gasteiger partial charge in [-0.05, 0) is 31.9 Å². The maximum Gasteiger partial charge on any atom is 0.273 e. The van der Waals surface area contributed by atoms with Crippen molar-refractivity contribution >= 4 is 23.1 Å². The molecule has 23 heavy (non-hydrogen) atoms. The van der Waals surface area contributed by atoms with Crippen LogP contribution in [0.4, 0.5) is 5.82 Å². The van der Waals surface area contributed by atoms with Crippen LogP contribution in [0.25, 0.3) is 0 Å². The summed E-state index contributed by atoms with van der Waals surface area (Å²) in [4.78, 5) is 20.8. The van der Waals surface area contributed by atoms with Crippen LogP contribution in [0.3, 0.4) is 0 Å². The van der Waals surface area contributed by atoms with E-state index in [0.29, 0.717) is 24.7 Å². The van der Waals surface area contributed by atoms with Crippen LogP contribution >= 0.6 is 11.3 Å². The Hall–Kier alpha value is -2.02. The van der Waals surface area contributed by atoms with Crippen molar-refractivity contribution in [3.8, 4) is 0 Å². The predicted molar refractivity (Wildman–Crippen MR) is 89.0 cm³/mol. The number of amides is 1. The lowest BCUT2D eigenvalue weighted by atomic mass is 10.2. The highest BCUT2D eigenvalue weighted by molar-refractivity contribution is 7.09. The molecule has 4 rings (SSSR count). The maximum absolute atomic E-state index is 12.4. The Morgan fingerprint density at radius 1 is 1.17 bits per heavy atom. The first-order chi connectivity index (χ1) is 11.2. The van der Waals surface area contributed by atoms with Crippen molar-refractivity contribution < 1.29 is 4.79 Å². The zero-order valence-corrected chi connectivity index (χ0v) is 13.9. The minimum Gasteiger partial charge on any atom is -0.352 e. The Morgan fingerprint density at radius 3 is 2.52 bits per heavy atom. The number of carbonyl (C=O) groups excluding carboxylic acids is 1. The lowest BCUT2D eigenvalue weighted by molar-refractivity contribution is 0.0741. The fourth-order valence-electron chi connectivity index (χ4n) is 2.86. The van der Waals surface area contributed by atoms with E-state index in [1.807, 2.05) is 17.2 Å². The standard InChI is InChI=1S/C16H19N5OS/c1-11-17-14(10-23-11)16(22)21-8-6-20(7-9-21)15-5-4-13(18-19-15)12-2-3-12/h4-5,10,12H,2-3,6-9H2,1H3. The maximum atomic E-state index is 12.4. The van der Waals surface area contributed by atoms with Crippen LogP contribution in [0.1, 0.15) is 39.9 Å². The summed E-state index contributed by atoms with van der Waals surface area (Å²) in [5.41, 5.74) is 1.68. The van der Waals surface area contributed by atoms with Gasteiger partial charge in [-0.3, -0.25) is 4.79 Å². The van der Waals surface area contributed by atoms with Gasteiger partial charge < -0.3 is 9.80 Å². The Morgan fingerprint density at radius 2 is 1.96 bits per heavy atom. The van der Waals surface area contributed by atoms with Crippen LogP contribution in [0.2, 0.25) is 0 Å². The van der Waals surface area contributed by atoms with Crippen molar-refractivity contribution in [1.29, 1.82) is 0 Å². The molecule has 0 bridgehead atoms. The number of rotatable bonds is 3. The van der Waals surface area contributed by atoms with Crippen LogP contribution in [0, 0.1) is 6.92 Å². The molecule has 1 amide bonds. The molecule has 2 aromatic rings. The van der Waals surface area contributed by atoms with Crippen molar-refractivity contribution in [2.45, 2.75) is 25.7 Å². The van der Waals surface area contributed by atoms with Gasteiger partial charge in [0.05, 0.1) is 10.7 Å². The van der Waals surface area contributed by atoms with Gasteiger partial charge in [0.2, 0.25) is 0 Å². The highest BCUT2D eigenvalue weighted by atomic mass is 32.1. The van der Waals surface area contributed by atoms with E-state index < -0.39 is 0 Å². The summed E-state index contributed by atoms with van der Waals surface area (Å²) in [5.74, 6) is 1.57. The number of hydrogen-bond acceptors (Lipinski definition) is 6. The molecule has 1 aliphatic carbocycles. The number of piperazine rings is 1. The van der Waals surface area contributed by atoms with Crippen LogP contribution in [-0.2, 0) is 0 Å². The second kappa shape index (κ2) is 5.88. The molecule has 2 aliphatic rings. The van der Waals surface area contributed by atoms with Crippen LogP contribution in [0.15, 0.2) is 17.5 Å². The van der Waals surface area contributed by atoms with E-state index in [-0.39, 0.29) is 5.91 Å². The van der Waals surface area contributed by atoms with E-state index in [1.54, 1.807) is 0 Å². The van der Waals surface area contributed by atoms with Crippen molar-refractivity contribution in [3.63, 3.8) is 0 Å². The van der Waals surface area contributed by atoms with Gasteiger partial charge in [-0.25, -0.2) is 4.98 Å². The SMILES string of the molecule is Cc1nc(C(=O)N2CCN(c3ccc(C4CC4)nn3)CC2)cs1. The van der Waals surface area contributed by atoms with Crippen LogP contribution in [0.5, 0.6) is 0 Å². The predicted octanol–water partition coefficient (Wildman–Crippen LogP) is 2.08. The minimum absolute atomic E-state index is 0.0316. The van der Waals surface area contributed by atoms with Gasteiger partial charge in [0, 0.05) is 37.5 Å². The molecular formula is C16H19N5OS. The van der Waals surface area contributed by atoms with Crippen molar-refractivity contribution in [3.05, 3.63) is 33.9 Å². The molecule has 0 aromatic carbocycles. The lowest BCUT2D eigenvalue weighted by Gasteiger charge is -2.34. The third-order valence-electron chi connectivity index (χ3n) is 4.40. The fraction of sp³-hybridized carbons (Fsp3) is 0.500. The van der Waals surface area contributed by atoms with E-state index in [0.717, 1.165) is 29.6 Å². The van der Waals surface area contributed by atoms with Gasteiger partial charge in [0.15, 0.2) is 5.82 Å². The molecular weight excluding hydrogens is 310 g/mol. The Balaban J connectivity index is 1.37. The average Bonchev–Trinajstić information content (AvgIpc) is 3.36. The topological polar surface area (TPSA) is 62.2 Å². The van der Waals surface area contributed by atoms with E-state index in [4.69, 9.17) is 0 Å². The molecule has 2 fully saturated rings. The second-order valence-corrected chi connectivity index (χ2v) is 7.18. The normalized spacial score (nSPS) is 18.3. The molecule has 3 heterocycles. The largest absolute Gasteiger partial charge is 0.352 e. The van der Waals surface area contributed by atoms with Gasteiger partial charge in [-0.2, -0.15) is 5.10 Å². The van der Waals surface area contributed by atoms with Crippen LogP contribution < -0.4 is 4.90 Å². The molecule has 1 aliphatic heterocycles. The molecule has 1 saturated heterocycles. The Bertz CT molecular complexity index is 702. The van der Waals surface area contributed by atoms with Crippen molar-refractivity contribution in [2.75, 3.05) is 31.1 Å². The summed E-state index contributed by atoms with van der Waals surface area (Å²) in [5, 5.41) is 11.5.